The van der Waals surface area contributed by atoms with Gasteiger partial charge in [-0.15, -0.1) is 0 Å². The van der Waals surface area contributed by atoms with Gasteiger partial charge >= 0.3 is 6.09 Å². The number of ether oxygens (including phenoxy) is 1. The van der Waals surface area contributed by atoms with Crippen molar-refractivity contribution >= 4 is 39.3 Å². The van der Waals surface area contributed by atoms with Gasteiger partial charge in [0.05, 0.1) is 5.69 Å². The zero-order valence-electron chi connectivity index (χ0n) is 11.0. The summed E-state index contributed by atoms with van der Waals surface area (Å²) in [7, 11) is 0. The summed E-state index contributed by atoms with van der Waals surface area (Å²) in [6, 6.07) is 2.89. The van der Waals surface area contributed by atoms with Crippen LogP contribution in [0, 0.1) is 5.82 Å². The number of hydrogen-bond donors (Lipinski definition) is 3. The van der Waals surface area contributed by atoms with E-state index < -0.39 is 24.4 Å². The molecule has 0 aliphatic carbocycles. The SMILES string of the molecule is CC(C)Nc1cc(Br)cc(F)c1NC(=O)COC(N)=O. The summed E-state index contributed by atoms with van der Waals surface area (Å²) in [5.41, 5.74) is 5.15. The summed E-state index contributed by atoms with van der Waals surface area (Å²) < 4.78 is 18.8. The summed E-state index contributed by atoms with van der Waals surface area (Å²) in [4.78, 5) is 21.9. The van der Waals surface area contributed by atoms with E-state index in [0.717, 1.165) is 0 Å². The molecule has 0 fully saturated rings. The first kappa shape index (κ1) is 16.2. The summed E-state index contributed by atoms with van der Waals surface area (Å²) in [5.74, 6) is -1.30. The van der Waals surface area contributed by atoms with Crippen molar-refractivity contribution in [3.63, 3.8) is 0 Å². The molecule has 4 N–H and O–H groups in total. The summed E-state index contributed by atoms with van der Waals surface area (Å²) in [5, 5.41) is 5.34. The number of halogens is 2. The fourth-order valence-electron chi connectivity index (χ4n) is 1.44. The fraction of sp³-hybridized carbons (Fsp3) is 0.333. The number of amides is 2. The number of hydrogen-bond acceptors (Lipinski definition) is 4. The second-order valence-electron chi connectivity index (χ2n) is 4.27. The van der Waals surface area contributed by atoms with Gasteiger partial charge in [-0.05, 0) is 26.0 Å². The van der Waals surface area contributed by atoms with Crippen LogP contribution in [-0.2, 0) is 9.53 Å². The number of nitrogens with one attached hydrogen (secondary N) is 2. The number of carbonyl (C=O) groups excluding carboxylic acids is 2. The normalized spacial score (nSPS) is 10.2. The molecule has 0 saturated heterocycles. The van der Waals surface area contributed by atoms with Crippen LogP contribution in [0.3, 0.4) is 0 Å². The van der Waals surface area contributed by atoms with Gasteiger partial charge < -0.3 is 21.1 Å². The molecule has 0 unspecified atom stereocenters. The van der Waals surface area contributed by atoms with Gasteiger partial charge in [0.1, 0.15) is 11.5 Å². The van der Waals surface area contributed by atoms with Gasteiger partial charge in [-0.25, -0.2) is 9.18 Å². The first-order valence-corrected chi connectivity index (χ1v) is 6.56. The topological polar surface area (TPSA) is 93.4 Å². The average molecular weight is 348 g/mol. The lowest BCUT2D eigenvalue weighted by atomic mass is 10.2. The van der Waals surface area contributed by atoms with E-state index in [0.29, 0.717) is 10.2 Å². The molecule has 110 valence electrons. The molecule has 0 aromatic heterocycles. The Bertz CT molecular complexity index is 523. The van der Waals surface area contributed by atoms with Gasteiger partial charge in [-0.1, -0.05) is 15.9 Å². The predicted octanol–water partition coefficient (Wildman–Crippen LogP) is 2.44. The molecule has 0 aliphatic heterocycles. The van der Waals surface area contributed by atoms with Crippen LogP contribution in [0.5, 0.6) is 0 Å². The van der Waals surface area contributed by atoms with Crippen molar-refractivity contribution in [1.29, 1.82) is 0 Å². The van der Waals surface area contributed by atoms with Crippen molar-refractivity contribution in [3.05, 3.63) is 22.4 Å². The van der Waals surface area contributed by atoms with E-state index >= 15 is 0 Å². The van der Waals surface area contributed by atoms with E-state index in [-0.39, 0.29) is 11.7 Å². The van der Waals surface area contributed by atoms with E-state index in [9.17, 15) is 14.0 Å². The number of carbonyl (C=O) groups is 2. The zero-order chi connectivity index (χ0) is 15.3. The minimum absolute atomic E-state index is 0.0139. The van der Waals surface area contributed by atoms with Crippen molar-refractivity contribution < 1.29 is 18.7 Å². The van der Waals surface area contributed by atoms with Gasteiger partial charge in [0.25, 0.3) is 5.91 Å². The molecule has 1 aromatic rings. The smallest absolute Gasteiger partial charge is 0.405 e. The molecule has 6 nitrogen and oxygen atoms in total. The molecular weight excluding hydrogens is 333 g/mol. The quantitative estimate of drug-likeness (QED) is 0.762. The van der Waals surface area contributed by atoms with Crippen LogP contribution in [0.1, 0.15) is 13.8 Å². The highest BCUT2D eigenvalue weighted by Gasteiger charge is 2.15. The number of primary amides is 1. The lowest BCUT2D eigenvalue weighted by molar-refractivity contribution is -0.118. The Kier molecular flexibility index (Phi) is 5.75. The minimum atomic E-state index is -1.07. The van der Waals surface area contributed by atoms with Crippen LogP contribution in [0.4, 0.5) is 20.6 Å². The molecule has 8 heteroatoms. The lowest BCUT2D eigenvalue weighted by Crippen LogP contribution is -2.24. The van der Waals surface area contributed by atoms with Crippen LogP contribution < -0.4 is 16.4 Å². The van der Waals surface area contributed by atoms with Crippen LogP contribution in [-0.4, -0.2) is 24.6 Å². The number of nitrogens with two attached hydrogens (primary N) is 1. The van der Waals surface area contributed by atoms with Gasteiger partial charge in [-0.3, -0.25) is 4.79 Å². The van der Waals surface area contributed by atoms with Crippen molar-refractivity contribution in [2.24, 2.45) is 5.73 Å². The van der Waals surface area contributed by atoms with Crippen LogP contribution in [0.25, 0.3) is 0 Å². The molecule has 0 bridgehead atoms. The largest absolute Gasteiger partial charge is 0.440 e. The molecule has 0 saturated carbocycles. The molecule has 0 radical (unpaired) electrons. The maximum Gasteiger partial charge on any atom is 0.405 e. The third-order valence-electron chi connectivity index (χ3n) is 2.11. The Labute approximate surface area is 124 Å². The Hall–Kier alpha value is -1.83. The molecular formula is C12H15BrFN3O3. The summed E-state index contributed by atoms with van der Waals surface area (Å²) >= 11 is 3.17. The van der Waals surface area contributed by atoms with E-state index in [1.54, 1.807) is 6.07 Å². The third-order valence-corrected chi connectivity index (χ3v) is 2.57. The van der Waals surface area contributed by atoms with E-state index in [1.807, 2.05) is 13.8 Å². The third kappa shape index (κ3) is 5.04. The molecule has 20 heavy (non-hydrogen) atoms. The fourth-order valence-corrected chi connectivity index (χ4v) is 1.87. The molecule has 1 rings (SSSR count). The Morgan fingerprint density at radius 2 is 2.10 bits per heavy atom. The molecule has 0 spiro atoms. The van der Waals surface area contributed by atoms with Crippen molar-refractivity contribution in [1.82, 2.24) is 0 Å². The molecule has 0 heterocycles. The van der Waals surface area contributed by atoms with Gasteiger partial charge in [0.15, 0.2) is 6.61 Å². The Morgan fingerprint density at radius 1 is 1.45 bits per heavy atom. The highest BCUT2D eigenvalue weighted by Crippen LogP contribution is 2.30. The first-order valence-electron chi connectivity index (χ1n) is 5.77. The highest BCUT2D eigenvalue weighted by molar-refractivity contribution is 9.10. The van der Waals surface area contributed by atoms with E-state index in [4.69, 9.17) is 5.73 Å². The standard InChI is InChI=1S/C12H15BrFN3O3/c1-6(2)16-9-4-7(13)3-8(14)11(9)17-10(18)5-20-12(15)19/h3-4,6,16H,5H2,1-2H3,(H2,15,19)(H,17,18). The number of benzene rings is 1. The average Bonchev–Trinajstić information content (AvgIpc) is 2.30. The minimum Gasteiger partial charge on any atom is -0.440 e. The maximum atomic E-state index is 13.9. The molecule has 2 amide bonds. The summed E-state index contributed by atoms with van der Waals surface area (Å²) in [6.07, 6.45) is -1.07. The van der Waals surface area contributed by atoms with Gasteiger partial charge in [-0.2, -0.15) is 0 Å². The first-order chi connectivity index (χ1) is 9.29. The molecule has 0 aliphatic rings. The molecule has 0 atom stereocenters. The van der Waals surface area contributed by atoms with Crippen molar-refractivity contribution in [3.8, 4) is 0 Å². The second-order valence-corrected chi connectivity index (χ2v) is 5.18. The van der Waals surface area contributed by atoms with Crippen LogP contribution >= 0.6 is 15.9 Å². The Morgan fingerprint density at radius 3 is 2.65 bits per heavy atom. The predicted molar refractivity (Wildman–Crippen MR) is 77.0 cm³/mol. The number of anilines is 2. The molecule has 1 aromatic carbocycles. The zero-order valence-corrected chi connectivity index (χ0v) is 12.6. The van der Waals surface area contributed by atoms with Crippen molar-refractivity contribution in [2.45, 2.75) is 19.9 Å². The van der Waals surface area contributed by atoms with Gasteiger partial charge in [0.2, 0.25) is 0 Å². The monoisotopic (exact) mass is 347 g/mol. The lowest BCUT2D eigenvalue weighted by Gasteiger charge is -2.16. The summed E-state index contributed by atoms with van der Waals surface area (Å²) in [6.45, 7) is 3.17. The second kappa shape index (κ2) is 7.09. The van der Waals surface area contributed by atoms with Crippen LogP contribution in [0.2, 0.25) is 0 Å². The van der Waals surface area contributed by atoms with E-state index in [1.165, 1.54) is 6.07 Å². The van der Waals surface area contributed by atoms with Crippen molar-refractivity contribution in [2.75, 3.05) is 17.2 Å². The number of rotatable bonds is 5. The van der Waals surface area contributed by atoms with Gasteiger partial charge in [0, 0.05) is 10.5 Å². The highest BCUT2D eigenvalue weighted by atomic mass is 79.9. The van der Waals surface area contributed by atoms with E-state index in [2.05, 4.69) is 31.3 Å². The maximum absolute atomic E-state index is 13.9. The Balaban J connectivity index is 2.92. The van der Waals surface area contributed by atoms with Crippen LogP contribution in [0.15, 0.2) is 16.6 Å².